The molecule has 0 radical (unpaired) electrons. The van der Waals surface area contributed by atoms with Crippen molar-refractivity contribution >= 4 is 17.4 Å². The maximum Gasteiger partial charge on any atom is 0.295 e. The molecule has 1 N–H and O–H groups in total. The summed E-state index contributed by atoms with van der Waals surface area (Å²) in [4.78, 5) is 28.0. The van der Waals surface area contributed by atoms with Crippen molar-refractivity contribution in [3.63, 3.8) is 0 Å². The lowest BCUT2D eigenvalue weighted by Gasteiger charge is -2.26. The Bertz CT molecular complexity index is 1330. The van der Waals surface area contributed by atoms with Crippen LogP contribution in [0.15, 0.2) is 72.3 Å². The molecule has 0 aliphatic carbocycles. The lowest BCUT2D eigenvalue weighted by Crippen LogP contribution is -2.30. The normalized spacial score (nSPS) is 16.4. The van der Waals surface area contributed by atoms with E-state index < -0.39 is 17.7 Å². The number of ether oxygens (including phenoxy) is 4. The van der Waals surface area contributed by atoms with Gasteiger partial charge in [0.15, 0.2) is 11.5 Å². The van der Waals surface area contributed by atoms with Crippen LogP contribution in [0.3, 0.4) is 0 Å². The van der Waals surface area contributed by atoms with Crippen LogP contribution >= 0.6 is 0 Å². The molecule has 0 bridgehead atoms. The van der Waals surface area contributed by atoms with Crippen LogP contribution in [0.5, 0.6) is 23.0 Å². The Balaban J connectivity index is 1.86. The maximum absolute atomic E-state index is 13.4. The lowest BCUT2D eigenvalue weighted by molar-refractivity contribution is -0.139. The third kappa shape index (κ3) is 5.02. The summed E-state index contributed by atoms with van der Waals surface area (Å²) in [7, 11) is 4.46. The number of hydrogen-bond acceptors (Lipinski definition) is 7. The third-order valence-electron chi connectivity index (χ3n) is 6.41. The monoisotopic (exact) mass is 517 g/mol. The minimum absolute atomic E-state index is 0.0505. The number of methoxy groups -OCH3 is 3. The molecule has 0 aromatic heterocycles. The summed E-state index contributed by atoms with van der Waals surface area (Å²) in [6, 6.07) is 19.1. The quantitative estimate of drug-likeness (QED) is 0.227. The van der Waals surface area contributed by atoms with E-state index >= 15 is 0 Å². The molecule has 198 valence electrons. The van der Waals surface area contributed by atoms with E-state index in [4.69, 9.17) is 18.9 Å². The van der Waals surface area contributed by atoms with E-state index in [1.807, 2.05) is 37.3 Å². The van der Waals surface area contributed by atoms with Gasteiger partial charge in [-0.1, -0.05) is 49.4 Å². The summed E-state index contributed by atoms with van der Waals surface area (Å²) in [5, 5.41) is 11.5. The van der Waals surface area contributed by atoms with Crippen molar-refractivity contribution in [3.8, 4) is 23.0 Å². The fourth-order valence-electron chi connectivity index (χ4n) is 4.63. The maximum atomic E-state index is 13.4. The topological polar surface area (TPSA) is 94.5 Å². The average Bonchev–Trinajstić information content (AvgIpc) is 3.20. The summed E-state index contributed by atoms with van der Waals surface area (Å²) < 4.78 is 22.5. The minimum atomic E-state index is -0.852. The van der Waals surface area contributed by atoms with E-state index in [-0.39, 0.29) is 16.9 Å². The zero-order valence-corrected chi connectivity index (χ0v) is 21.9. The second-order valence-electron chi connectivity index (χ2n) is 8.71. The predicted molar refractivity (Wildman–Crippen MR) is 143 cm³/mol. The molecule has 1 aliphatic rings. The number of nitrogens with zero attached hydrogens (tertiary/aromatic N) is 1. The fourth-order valence-corrected chi connectivity index (χ4v) is 4.63. The van der Waals surface area contributed by atoms with Crippen molar-refractivity contribution in [3.05, 3.63) is 89.0 Å². The molecule has 3 aromatic carbocycles. The van der Waals surface area contributed by atoms with Crippen LogP contribution in [0.2, 0.25) is 0 Å². The van der Waals surface area contributed by atoms with Gasteiger partial charge in [0.1, 0.15) is 29.4 Å². The van der Waals surface area contributed by atoms with Crippen molar-refractivity contribution in [2.45, 2.75) is 26.0 Å². The van der Waals surface area contributed by atoms with E-state index in [0.717, 1.165) is 5.56 Å². The molecule has 1 heterocycles. The van der Waals surface area contributed by atoms with Crippen molar-refractivity contribution in [1.82, 2.24) is 4.90 Å². The van der Waals surface area contributed by atoms with Gasteiger partial charge >= 0.3 is 0 Å². The van der Waals surface area contributed by atoms with E-state index in [1.54, 1.807) is 43.5 Å². The molecule has 1 saturated heterocycles. The van der Waals surface area contributed by atoms with Crippen molar-refractivity contribution in [1.29, 1.82) is 0 Å². The van der Waals surface area contributed by atoms with Crippen LogP contribution < -0.4 is 18.9 Å². The van der Waals surface area contributed by atoms with Gasteiger partial charge in [-0.3, -0.25) is 9.59 Å². The van der Waals surface area contributed by atoms with Crippen LogP contribution in [0.4, 0.5) is 0 Å². The molecule has 1 unspecified atom stereocenters. The van der Waals surface area contributed by atoms with Gasteiger partial charge < -0.3 is 29.0 Å². The first kappa shape index (κ1) is 26.6. The summed E-state index contributed by atoms with van der Waals surface area (Å²) in [5.41, 5.74) is 1.72. The van der Waals surface area contributed by atoms with Crippen LogP contribution in [0.25, 0.3) is 5.76 Å². The Morgan fingerprint density at radius 1 is 0.842 bits per heavy atom. The van der Waals surface area contributed by atoms with E-state index in [2.05, 4.69) is 0 Å². The number of likely N-dealkylation sites (tertiary alicyclic amines) is 1. The first-order chi connectivity index (χ1) is 18.4. The standard InChI is InChI=1S/C30H31NO7/c1-5-16-31-27(20-14-15-21(35-2)24(17-20)38-18-19-10-7-6-8-11-19)26(29(33)30(31)34)28(32)25-22(36-3)12-9-13-23(25)37-4/h6-15,17,27,32H,5,16,18H2,1-4H3/b28-26+. The molecule has 1 atom stereocenters. The Kier molecular flexibility index (Phi) is 8.21. The van der Waals surface area contributed by atoms with Gasteiger partial charge in [0.05, 0.1) is 32.9 Å². The molecule has 8 heteroatoms. The van der Waals surface area contributed by atoms with Crippen molar-refractivity contribution in [2.75, 3.05) is 27.9 Å². The van der Waals surface area contributed by atoms with E-state index in [0.29, 0.717) is 48.1 Å². The Labute approximate surface area is 222 Å². The molecular weight excluding hydrogens is 486 g/mol. The Morgan fingerprint density at radius 2 is 1.50 bits per heavy atom. The van der Waals surface area contributed by atoms with Gasteiger partial charge in [0.2, 0.25) is 0 Å². The molecule has 0 saturated carbocycles. The molecule has 1 amide bonds. The number of rotatable bonds is 10. The SMILES string of the molecule is CCCN1C(=O)C(=O)/C(=C(/O)c2c(OC)cccc2OC)C1c1ccc(OC)c(OCc2ccccc2)c1. The number of aliphatic hydroxyl groups excluding tert-OH is 1. The molecule has 4 rings (SSSR count). The van der Waals surface area contributed by atoms with E-state index in [9.17, 15) is 14.7 Å². The highest BCUT2D eigenvalue weighted by atomic mass is 16.5. The summed E-state index contributed by atoms with van der Waals surface area (Å²) in [6.45, 7) is 2.54. The van der Waals surface area contributed by atoms with Gasteiger partial charge in [-0.25, -0.2) is 0 Å². The van der Waals surface area contributed by atoms with Crippen LogP contribution in [0, 0.1) is 0 Å². The van der Waals surface area contributed by atoms with Crippen molar-refractivity contribution < 1.29 is 33.6 Å². The zero-order valence-electron chi connectivity index (χ0n) is 21.9. The molecule has 1 aliphatic heterocycles. The number of hydrogen-bond donors (Lipinski definition) is 1. The van der Waals surface area contributed by atoms with Gasteiger partial charge in [0.25, 0.3) is 11.7 Å². The summed E-state index contributed by atoms with van der Waals surface area (Å²) >= 11 is 0. The minimum Gasteiger partial charge on any atom is -0.506 e. The Morgan fingerprint density at radius 3 is 2.11 bits per heavy atom. The summed E-state index contributed by atoms with van der Waals surface area (Å²) in [6.07, 6.45) is 0.620. The number of Topliss-reactive ketones (excluding diaryl/α,β-unsaturated/α-hetero) is 1. The second kappa shape index (κ2) is 11.7. The van der Waals surface area contributed by atoms with Crippen LogP contribution in [-0.2, 0) is 16.2 Å². The molecular formula is C30H31NO7. The molecule has 3 aromatic rings. The number of carbonyl (C=O) groups is 2. The van der Waals surface area contributed by atoms with Gasteiger partial charge in [-0.2, -0.15) is 0 Å². The lowest BCUT2D eigenvalue weighted by atomic mass is 9.94. The second-order valence-corrected chi connectivity index (χ2v) is 8.71. The number of amides is 1. The van der Waals surface area contributed by atoms with Gasteiger partial charge in [-0.05, 0) is 41.8 Å². The number of ketones is 1. The van der Waals surface area contributed by atoms with Crippen LogP contribution in [-0.4, -0.2) is 49.6 Å². The first-order valence-electron chi connectivity index (χ1n) is 12.3. The van der Waals surface area contributed by atoms with Crippen molar-refractivity contribution in [2.24, 2.45) is 0 Å². The number of aliphatic hydroxyl groups is 1. The fraction of sp³-hybridized carbons (Fsp3) is 0.267. The first-order valence-corrected chi connectivity index (χ1v) is 12.3. The highest BCUT2D eigenvalue weighted by Gasteiger charge is 2.46. The van der Waals surface area contributed by atoms with Crippen LogP contribution in [0.1, 0.15) is 36.1 Å². The predicted octanol–water partition coefficient (Wildman–Crippen LogP) is 5.12. The third-order valence-corrected chi connectivity index (χ3v) is 6.41. The van der Waals surface area contributed by atoms with E-state index in [1.165, 1.54) is 19.1 Å². The van der Waals surface area contributed by atoms with Gasteiger partial charge in [0, 0.05) is 6.54 Å². The number of benzene rings is 3. The highest BCUT2D eigenvalue weighted by molar-refractivity contribution is 6.46. The van der Waals surface area contributed by atoms with Gasteiger partial charge in [-0.15, -0.1) is 0 Å². The highest BCUT2D eigenvalue weighted by Crippen LogP contribution is 2.45. The molecule has 8 nitrogen and oxygen atoms in total. The number of carbonyl (C=O) groups excluding carboxylic acids is 2. The largest absolute Gasteiger partial charge is 0.506 e. The zero-order chi connectivity index (χ0) is 27.2. The Hall–Kier alpha value is -4.46. The molecule has 0 spiro atoms. The summed E-state index contributed by atoms with van der Waals surface area (Å²) in [5.74, 6) is -0.266. The average molecular weight is 518 g/mol. The molecule has 1 fully saturated rings. The molecule has 38 heavy (non-hydrogen) atoms. The smallest absolute Gasteiger partial charge is 0.295 e.